The normalized spacial score (nSPS) is 21.8. The van der Waals surface area contributed by atoms with Gasteiger partial charge in [0.15, 0.2) is 6.29 Å². The van der Waals surface area contributed by atoms with E-state index in [2.05, 4.69) is 55.6 Å². The van der Waals surface area contributed by atoms with Crippen LogP contribution < -0.4 is 5.32 Å². The Labute approximate surface area is 335 Å². The number of carbonyl (C=O) groups is 1. The Morgan fingerprint density at radius 2 is 1.04 bits per heavy atom. The predicted octanol–water partition coefficient (Wildman–Crippen LogP) is 9.06. The molecule has 1 aliphatic heterocycles. The highest BCUT2D eigenvalue weighted by Gasteiger charge is 2.44. The minimum Gasteiger partial charge on any atom is -0.394 e. The van der Waals surface area contributed by atoms with E-state index in [0.29, 0.717) is 6.42 Å². The first-order valence-electron chi connectivity index (χ1n) is 22.4. The summed E-state index contributed by atoms with van der Waals surface area (Å²) in [5.41, 5.74) is 0. The van der Waals surface area contributed by atoms with E-state index in [-0.39, 0.29) is 12.5 Å². The van der Waals surface area contributed by atoms with Gasteiger partial charge in [-0.15, -0.1) is 0 Å². The zero-order valence-corrected chi connectivity index (χ0v) is 34.9. The average molecular weight is 778 g/mol. The van der Waals surface area contributed by atoms with Crippen molar-refractivity contribution in [2.75, 3.05) is 13.2 Å². The van der Waals surface area contributed by atoms with Gasteiger partial charge in [0, 0.05) is 6.42 Å². The Morgan fingerprint density at radius 3 is 1.53 bits per heavy atom. The summed E-state index contributed by atoms with van der Waals surface area (Å²) in [5.74, 6) is -0.202. The van der Waals surface area contributed by atoms with Crippen LogP contribution in [0, 0.1) is 0 Å². The third-order valence-corrected chi connectivity index (χ3v) is 10.4. The van der Waals surface area contributed by atoms with Crippen molar-refractivity contribution in [2.45, 2.75) is 224 Å². The summed E-state index contributed by atoms with van der Waals surface area (Å²) in [6.07, 6.45) is 38.6. The number of hydrogen-bond donors (Lipinski definition) is 6. The number of ether oxygens (including phenoxy) is 2. The molecule has 0 aromatic carbocycles. The lowest BCUT2D eigenvalue weighted by molar-refractivity contribution is -0.302. The summed E-state index contributed by atoms with van der Waals surface area (Å²) < 4.78 is 11.2. The largest absolute Gasteiger partial charge is 0.394 e. The van der Waals surface area contributed by atoms with Crippen molar-refractivity contribution in [1.29, 1.82) is 0 Å². The van der Waals surface area contributed by atoms with Crippen molar-refractivity contribution in [3.8, 4) is 0 Å². The molecule has 0 radical (unpaired) electrons. The van der Waals surface area contributed by atoms with Crippen LogP contribution in [0.15, 0.2) is 48.6 Å². The molecule has 320 valence electrons. The molecule has 0 spiro atoms. The van der Waals surface area contributed by atoms with Crippen molar-refractivity contribution >= 4 is 5.91 Å². The highest BCUT2D eigenvalue weighted by molar-refractivity contribution is 5.76. The molecule has 7 atom stereocenters. The smallest absolute Gasteiger partial charge is 0.220 e. The minimum absolute atomic E-state index is 0.202. The van der Waals surface area contributed by atoms with Gasteiger partial charge in [0.1, 0.15) is 24.4 Å². The SMILES string of the molecule is CCCCCCCC/C=C\CCCCCCCC(=O)NC(COC1OC(CO)C(O)C(O)C1O)C(O)/C=C/CC/C=C/CC/C=C/CCCCCCCCC. The molecule has 9 nitrogen and oxygen atoms in total. The van der Waals surface area contributed by atoms with E-state index in [0.717, 1.165) is 70.6 Å². The van der Waals surface area contributed by atoms with Gasteiger partial charge in [-0.05, 0) is 70.6 Å². The summed E-state index contributed by atoms with van der Waals surface area (Å²) in [6, 6.07) is -0.831. The lowest BCUT2D eigenvalue weighted by Gasteiger charge is -2.40. The third kappa shape index (κ3) is 27.4. The summed E-state index contributed by atoms with van der Waals surface area (Å²) >= 11 is 0. The second-order valence-electron chi connectivity index (χ2n) is 15.5. The van der Waals surface area contributed by atoms with Crippen LogP contribution in [-0.4, -0.2) is 87.5 Å². The molecule has 1 fully saturated rings. The molecule has 0 aromatic heterocycles. The number of hydrogen-bond acceptors (Lipinski definition) is 8. The maximum Gasteiger partial charge on any atom is 0.220 e. The summed E-state index contributed by atoms with van der Waals surface area (Å²) in [7, 11) is 0. The van der Waals surface area contributed by atoms with Gasteiger partial charge in [-0.3, -0.25) is 4.79 Å². The number of amides is 1. The van der Waals surface area contributed by atoms with Gasteiger partial charge in [-0.1, -0.05) is 152 Å². The molecular weight excluding hydrogens is 695 g/mol. The van der Waals surface area contributed by atoms with E-state index >= 15 is 0 Å². The fraction of sp³-hybridized carbons (Fsp3) is 0.804. The molecule has 7 unspecified atom stereocenters. The fourth-order valence-electron chi connectivity index (χ4n) is 6.71. The Kier molecular flexibility index (Phi) is 33.9. The van der Waals surface area contributed by atoms with Gasteiger partial charge >= 0.3 is 0 Å². The van der Waals surface area contributed by atoms with Crippen molar-refractivity contribution in [3.63, 3.8) is 0 Å². The Balaban J connectivity index is 2.43. The van der Waals surface area contributed by atoms with Gasteiger partial charge in [-0.25, -0.2) is 0 Å². The van der Waals surface area contributed by atoms with Crippen LogP contribution in [0.25, 0.3) is 0 Å². The number of rotatable bonds is 36. The summed E-state index contributed by atoms with van der Waals surface area (Å²) in [4.78, 5) is 12.9. The number of carbonyl (C=O) groups excluding carboxylic acids is 1. The van der Waals surface area contributed by atoms with Gasteiger partial charge in [0.05, 0.1) is 25.4 Å². The van der Waals surface area contributed by atoms with Crippen molar-refractivity contribution in [1.82, 2.24) is 5.32 Å². The predicted molar refractivity (Wildman–Crippen MR) is 226 cm³/mol. The van der Waals surface area contributed by atoms with Crippen LogP contribution in [0.1, 0.15) is 181 Å². The number of aliphatic hydroxyl groups is 5. The van der Waals surface area contributed by atoms with E-state index in [4.69, 9.17) is 9.47 Å². The van der Waals surface area contributed by atoms with Crippen LogP contribution in [0.3, 0.4) is 0 Å². The second kappa shape index (κ2) is 36.5. The second-order valence-corrected chi connectivity index (χ2v) is 15.5. The lowest BCUT2D eigenvalue weighted by Crippen LogP contribution is -2.60. The molecule has 1 saturated heterocycles. The minimum atomic E-state index is -1.58. The molecule has 1 rings (SSSR count). The van der Waals surface area contributed by atoms with Crippen LogP contribution in [0.2, 0.25) is 0 Å². The number of unbranched alkanes of at least 4 members (excludes halogenated alkanes) is 20. The summed E-state index contributed by atoms with van der Waals surface area (Å²) in [6.45, 7) is 3.72. The Hall–Kier alpha value is -1.85. The molecule has 0 bridgehead atoms. The molecule has 0 aliphatic carbocycles. The monoisotopic (exact) mass is 778 g/mol. The molecule has 9 heteroatoms. The first-order chi connectivity index (χ1) is 26.8. The number of nitrogens with one attached hydrogen (secondary N) is 1. The molecule has 0 saturated carbocycles. The van der Waals surface area contributed by atoms with Gasteiger partial charge in [-0.2, -0.15) is 0 Å². The van der Waals surface area contributed by atoms with E-state index in [1.165, 1.54) is 89.9 Å². The number of aliphatic hydroxyl groups excluding tert-OH is 5. The maximum absolute atomic E-state index is 12.9. The van der Waals surface area contributed by atoms with Crippen LogP contribution in [0.4, 0.5) is 0 Å². The third-order valence-electron chi connectivity index (χ3n) is 10.4. The molecule has 1 aliphatic rings. The fourth-order valence-corrected chi connectivity index (χ4v) is 6.71. The molecule has 1 heterocycles. The van der Waals surface area contributed by atoms with Crippen molar-refractivity contribution < 1.29 is 39.8 Å². The topological polar surface area (TPSA) is 149 Å². The van der Waals surface area contributed by atoms with Gasteiger partial charge in [0.25, 0.3) is 0 Å². The van der Waals surface area contributed by atoms with Crippen LogP contribution in [0.5, 0.6) is 0 Å². The van der Waals surface area contributed by atoms with Crippen LogP contribution >= 0.6 is 0 Å². The highest BCUT2D eigenvalue weighted by atomic mass is 16.7. The summed E-state index contributed by atoms with van der Waals surface area (Å²) in [5, 5.41) is 54.1. The molecular formula is C46H83NO8. The molecule has 0 aromatic rings. The van der Waals surface area contributed by atoms with Crippen LogP contribution in [-0.2, 0) is 14.3 Å². The first kappa shape index (κ1) is 51.2. The van der Waals surface area contributed by atoms with Gasteiger partial charge < -0.3 is 40.3 Å². The highest BCUT2D eigenvalue weighted by Crippen LogP contribution is 2.22. The lowest BCUT2D eigenvalue weighted by atomic mass is 9.99. The zero-order valence-electron chi connectivity index (χ0n) is 34.9. The maximum atomic E-state index is 12.9. The van der Waals surface area contributed by atoms with Crippen molar-refractivity contribution in [3.05, 3.63) is 48.6 Å². The number of allylic oxidation sites excluding steroid dienone is 7. The quantitative estimate of drug-likeness (QED) is 0.0273. The average Bonchev–Trinajstić information content (AvgIpc) is 3.18. The van der Waals surface area contributed by atoms with E-state index in [1.807, 2.05) is 6.08 Å². The van der Waals surface area contributed by atoms with Gasteiger partial charge in [0.2, 0.25) is 5.91 Å². The zero-order chi connectivity index (χ0) is 40.2. The Morgan fingerprint density at radius 1 is 0.600 bits per heavy atom. The van der Waals surface area contributed by atoms with Crippen molar-refractivity contribution in [2.24, 2.45) is 0 Å². The standard InChI is InChI=1S/C46H83NO8/c1-3-5-7-9-11-13-15-17-19-20-22-23-25-27-29-31-33-35-40(49)39(38-54-46-45(53)44(52)43(51)41(37-48)55-46)47-42(50)36-34-32-30-28-26-24-21-18-16-14-12-10-8-6-4-2/h18-21,25,27,33,35,39-41,43-46,48-49,51-53H,3-17,22-24,26,28-32,34,36-38H2,1-2H3,(H,47,50)/b20-19+,21-18-,27-25+,35-33+. The Bertz CT molecular complexity index is 998. The first-order valence-corrected chi connectivity index (χ1v) is 22.4. The molecule has 55 heavy (non-hydrogen) atoms. The molecule has 1 amide bonds. The van der Waals surface area contributed by atoms with E-state index in [1.54, 1.807) is 6.08 Å². The van der Waals surface area contributed by atoms with E-state index in [9.17, 15) is 30.3 Å². The molecule has 6 N–H and O–H groups in total. The van der Waals surface area contributed by atoms with E-state index < -0.39 is 49.5 Å².